The predicted octanol–water partition coefficient (Wildman–Crippen LogP) is 3.54. The molecule has 0 aliphatic carbocycles. The lowest BCUT2D eigenvalue weighted by atomic mass is 10.0. The highest BCUT2D eigenvalue weighted by molar-refractivity contribution is 5.92. The Morgan fingerprint density at radius 3 is 2.38 bits per heavy atom. The van der Waals surface area contributed by atoms with E-state index >= 15 is 0 Å². The summed E-state index contributed by atoms with van der Waals surface area (Å²) in [4.78, 5) is 16.5. The maximum atomic E-state index is 12.8. The van der Waals surface area contributed by atoms with Crippen molar-refractivity contribution in [3.63, 3.8) is 0 Å². The zero-order valence-corrected chi connectivity index (χ0v) is 15.2. The summed E-state index contributed by atoms with van der Waals surface area (Å²) < 4.78 is 0. The number of carbonyl (C=O) groups is 1. The van der Waals surface area contributed by atoms with E-state index in [2.05, 4.69) is 4.90 Å². The molecule has 4 heteroatoms. The van der Waals surface area contributed by atoms with Crippen LogP contribution in [0.4, 0.5) is 5.69 Å². The second-order valence-electron chi connectivity index (χ2n) is 6.72. The lowest BCUT2D eigenvalue weighted by Crippen LogP contribution is -2.64. The van der Waals surface area contributed by atoms with Crippen LogP contribution in [0.1, 0.15) is 25.3 Å². The van der Waals surface area contributed by atoms with Crippen molar-refractivity contribution in [2.24, 2.45) is 0 Å². The van der Waals surface area contributed by atoms with Gasteiger partial charge in [0, 0.05) is 24.9 Å². The molecule has 26 heavy (non-hydrogen) atoms. The minimum absolute atomic E-state index is 0.141. The van der Waals surface area contributed by atoms with Crippen molar-refractivity contribution >= 4 is 17.7 Å². The average Bonchev–Trinajstić information content (AvgIpc) is 2.67. The van der Waals surface area contributed by atoms with Crippen molar-refractivity contribution in [2.75, 3.05) is 24.5 Å². The van der Waals surface area contributed by atoms with Gasteiger partial charge in [0.2, 0.25) is 5.91 Å². The molecular weight excluding hydrogens is 324 g/mol. The summed E-state index contributed by atoms with van der Waals surface area (Å²) in [6.07, 6.45) is 4.74. The third-order valence-electron chi connectivity index (χ3n) is 4.80. The van der Waals surface area contributed by atoms with Crippen LogP contribution in [0, 0.1) is 0 Å². The molecule has 2 aromatic carbocycles. The summed E-state index contributed by atoms with van der Waals surface area (Å²) in [5.74, 6) is -0.141. The number of carbonyl (C=O) groups excluding carboxylic acids is 1. The number of anilines is 1. The molecule has 0 saturated carbocycles. The number of para-hydroxylation sites is 1. The fraction of sp³-hybridized carbons (Fsp3) is 0.318. The topological polar surface area (TPSA) is 43.8 Å². The third kappa shape index (κ3) is 4.14. The van der Waals surface area contributed by atoms with Gasteiger partial charge >= 0.3 is 0 Å². The van der Waals surface area contributed by atoms with Crippen LogP contribution in [-0.4, -0.2) is 41.3 Å². The zero-order valence-electron chi connectivity index (χ0n) is 15.2. The van der Waals surface area contributed by atoms with Crippen LogP contribution in [0.15, 0.2) is 66.7 Å². The van der Waals surface area contributed by atoms with E-state index in [0.717, 1.165) is 17.7 Å². The van der Waals surface area contributed by atoms with Crippen molar-refractivity contribution in [3.05, 3.63) is 72.3 Å². The second-order valence-corrected chi connectivity index (χ2v) is 6.72. The van der Waals surface area contributed by atoms with E-state index in [1.54, 1.807) is 17.1 Å². The summed E-state index contributed by atoms with van der Waals surface area (Å²) in [6.45, 7) is 3.67. The molecule has 3 rings (SSSR count). The maximum absolute atomic E-state index is 12.8. The van der Waals surface area contributed by atoms with Gasteiger partial charge in [0.25, 0.3) is 0 Å². The Balaban J connectivity index is 1.76. The van der Waals surface area contributed by atoms with Gasteiger partial charge in [0.1, 0.15) is 0 Å². The second kappa shape index (κ2) is 8.19. The molecule has 1 unspecified atom stereocenters. The van der Waals surface area contributed by atoms with Gasteiger partial charge in [-0.2, -0.15) is 0 Å². The lowest BCUT2D eigenvalue weighted by molar-refractivity contribution is -0.158. The molecule has 0 radical (unpaired) electrons. The Bertz CT molecular complexity index is 745. The molecule has 1 saturated heterocycles. The van der Waals surface area contributed by atoms with Crippen LogP contribution < -0.4 is 4.90 Å². The van der Waals surface area contributed by atoms with Crippen LogP contribution in [0.5, 0.6) is 0 Å². The van der Waals surface area contributed by atoms with E-state index in [4.69, 9.17) is 0 Å². The first-order valence-electron chi connectivity index (χ1n) is 9.19. The highest BCUT2D eigenvalue weighted by atomic mass is 16.3. The van der Waals surface area contributed by atoms with Gasteiger partial charge in [0.05, 0.1) is 6.54 Å². The van der Waals surface area contributed by atoms with Gasteiger partial charge in [-0.1, -0.05) is 61.9 Å². The number of hydrogen-bond donors (Lipinski definition) is 1. The zero-order chi connectivity index (χ0) is 18.4. The Kier molecular flexibility index (Phi) is 5.74. The number of nitrogens with zero attached hydrogens (tertiary/aromatic N) is 2. The number of β-amino-alcohol motifs (C(OH)–C–C–N with tert-alkyl or cyclic N) is 1. The van der Waals surface area contributed by atoms with Crippen LogP contribution in [0.25, 0.3) is 6.08 Å². The molecule has 1 aliphatic rings. The Labute approximate surface area is 155 Å². The van der Waals surface area contributed by atoms with Gasteiger partial charge in [-0.05, 0) is 30.2 Å². The number of piperazine rings is 1. The van der Waals surface area contributed by atoms with Gasteiger partial charge in [-0.3, -0.25) is 4.79 Å². The smallest absolute Gasteiger partial charge is 0.248 e. The number of aliphatic hydroxyl groups is 1. The quantitative estimate of drug-likeness (QED) is 0.839. The van der Waals surface area contributed by atoms with Gasteiger partial charge < -0.3 is 14.9 Å². The van der Waals surface area contributed by atoms with E-state index in [1.165, 1.54) is 0 Å². The van der Waals surface area contributed by atoms with Gasteiger partial charge in [0.15, 0.2) is 5.72 Å². The molecular formula is C22H26N2O2. The monoisotopic (exact) mass is 350 g/mol. The molecule has 1 N–H and O–H groups in total. The molecule has 1 fully saturated rings. The van der Waals surface area contributed by atoms with E-state index in [-0.39, 0.29) is 5.91 Å². The van der Waals surface area contributed by atoms with Crippen molar-refractivity contribution in [1.29, 1.82) is 0 Å². The van der Waals surface area contributed by atoms with Crippen LogP contribution in [0.2, 0.25) is 0 Å². The van der Waals surface area contributed by atoms with Crippen molar-refractivity contribution in [2.45, 2.75) is 25.5 Å². The number of benzene rings is 2. The first-order valence-corrected chi connectivity index (χ1v) is 9.19. The molecule has 1 atom stereocenters. The lowest BCUT2D eigenvalue weighted by Gasteiger charge is -2.48. The molecule has 1 aliphatic heterocycles. The van der Waals surface area contributed by atoms with Gasteiger partial charge in [-0.25, -0.2) is 0 Å². The number of rotatable bonds is 5. The molecule has 1 heterocycles. The van der Waals surface area contributed by atoms with Crippen LogP contribution >= 0.6 is 0 Å². The maximum Gasteiger partial charge on any atom is 0.248 e. The first-order chi connectivity index (χ1) is 12.6. The van der Waals surface area contributed by atoms with Gasteiger partial charge in [-0.15, -0.1) is 0 Å². The van der Waals surface area contributed by atoms with E-state index in [9.17, 15) is 9.90 Å². The van der Waals surface area contributed by atoms with E-state index in [0.29, 0.717) is 26.1 Å². The highest BCUT2D eigenvalue weighted by Crippen LogP contribution is 2.28. The summed E-state index contributed by atoms with van der Waals surface area (Å²) in [5.41, 5.74) is 0.901. The normalized spacial score (nSPS) is 20.5. The largest absolute Gasteiger partial charge is 0.369 e. The molecule has 0 spiro atoms. The third-order valence-corrected chi connectivity index (χ3v) is 4.80. The molecule has 1 amide bonds. The molecule has 2 aromatic rings. The highest BCUT2D eigenvalue weighted by Gasteiger charge is 2.41. The van der Waals surface area contributed by atoms with E-state index in [1.807, 2.05) is 67.6 Å². The standard InChI is InChI=1S/C22H26N2O2/c1-2-15-22(26)18-23(20-11-7-4-8-12-20)16-17-24(22)21(25)14-13-19-9-5-3-6-10-19/h3-14,26H,2,15-18H2,1H3. The minimum atomic E-state index is -1.15. The van der Waals surface area contributed by atoms with Crippen molar-refractivity contribution in [3.8, 4) is 0 Å². The molecule has 0 aromatic heterocycles. The fourth-order valence-electron chi connectivity index (χ4n) is 3.51. The van der Waals surface area contributed by atoms with Crippen LogP contribution in [-0.2, 0) is 4.79 Å². The van der Waals surface area contributed by atoms with E-state index < -0.39 is 5.72 Å². The Morgan fingerprint density at radius 2 is 1.73 bits per heavy atom. The summed E-state index contributed by atoms with van der Waals surface area (Å²) in [6, 6.07) is 19.8. The SMILES string of the molecule is CCCC1(O)CN(c2ccccc2)CCN1C(=O)C=Cc1ccccc1. The molecule has 136 valence electrons. The Morgan fingerprint density at radius 1 is 1.08 bits per heavy atom. The minimum Gasteiger partial charge on any atom is -0.369 e. The number of amides is 1. The summed E-state index contributed by atoms with van der Waals surface area (Å²) in [5, 5.41) is 11.3. The molecule has 0 bridgehead atoms. The number of hydrogen-bond acceptors (Lipinski definition) is 3. The van der Waals surface area contributed by atoms with Crippen LogP contribution in [0.3, 0.4) is 0 Å². The molecule has 4 nitrogen and oxygen atoms in total. The van der Waals surface area contributed by atoms with Crippen molar-refractivity contribution < 1.29 is 9.90 Å². The average molecular weight is 350 g/mol. The fourth-order valence-corrected chi connectivity index (χ4v) is 3.51. The first kappa shape index (κ1) is 18.2. The van der Waals surface area contributed by atoms with Crippen molar-refractivity contribution in [1.82, 2.24) is 4.90 Å². The summed E-state index contributed by atoms with van der Waals surface area (Å²) >= 11 is 0. The Hall–Kier alpha value is -2.59. The summed E-state index contributed by atoms with van der Waals surface area (Å²) in [7, 11) is 0. The predicted molar refractivity (Wildman–Crippen MR) is 106 cm³/mol.